The van der Waals surface area contributed by atoms with E-state index in [0.717, 1.165) is 25.0 Å². The van der Waals surface area contributed by atoms with Crippen LogP contribution in [0.1, 0.15) is 38.9 Å². The second-order valence-corrected chi connectivity index (χ2v) is 5.64. The first-order chi connectivity index (χ1) is 8.63. The lowest BCUT2D eigenvalue weighted by molar-refractivity contribution is -0.150. The lowest BCUT2D eigenvalue weighted by Crippen LogP contribution is -2.52. The van der Waals surface area contributed by atoms with Gasteiger partial charge in [-0.2, -0.15) is 0 Å². The van der Waals surface area contributed by atoms with E-state index in [9.17, 15) is 4.79 Å². The Labute approximate surface area is 106 Å². The second kappa shape index (κ2) is 4.09. The lowest BCUT2D eigenvalue weighted by atomic mass is 9.59. The molecule has 5 heteroatoms. The van der Waals surface area contributed by atoms with Gasteiger partial charge < -0.3 is 4.42 Å². The van der Waals surface area contributed by atoms with E-state index in [1.54, 1.807) is 6.20 Å². The molecule has 0 spiro atoms. The molecule has 1 amide bonds. The van der Waals surface area contributed by atoms with E-state index in [0.29, 0.717) is 5.92 Å². The van der Waals surface area contributed by atoms with Gasteiger partial charge >= 0.3 is 0 Å². The number of hydroxylamine groups is 1. The number of aromatic nitrogens is 1. The fourth-order valence-corrected chi connectivity index (χ4v) is 3.52. The van der Waals surface area contributed by atoms with Crippen molar-refractivity contribution in [3.8, 4) is 0 Å². The maximum absolute atomic E-state index is 12.2. The van der Waals surface area contributed by atoms with E-state index in [-0.39, 0.29) is 23.3 Å². The molecule has 0 aliphatic heterocycles. The third-order valence-electron chi connectivity index (χ3n) is 4.26. The van der Waals surface area contributed by atoms with E-state index < -0.39 is 0 Å². The molecule has 0 aromatic carbocycles. The molecular formula is C13H18N2O3. The molecule has 2 bridgehead atoms. The Bertz CT molecular complexity index is 439. The Morgan fingerprint density at radius 3 is 3.11 bits per heavy atom. The summed E-state index contributed by atoms with van der Waals surface area (Å²) < 4.78 is 5.43. The van der Waals surface area contributed by atoms with Crippen molar-refractivity contribution in [2.75, 3.05) is 0 Å². The van der Waals surface area contributed by atoms with Crippen LogP contribution in [0.25, 0.3) is 0 Å². The summed E-state index contributed by atoms with van der Waals surface area (Å²) in [6.07, 6.45) is 6.29. The van der Waals surface area contributed by atoms with Crippen LogP contribution in [0, 0.1) is 11.8 Å². The Balaban J connectivity index is 1.75. The maximum atomic E-state index is 12.2. The summed E-state index contributed by atoms with van der Waals surface area (Å²) in [5.41, 5.74) is 2.44. The van der Waals surface area contributed by atoms with Crippen LogP contribution in [-0.2, 0) is 15.0 Å². The first-order valence-corrected chi connectivity index (χ1v) is 6.48. The SMILES string of the molecule is CC(C)ONC(=O)C1C2CCC1(c1cnco1)C2. The molecule has 3 aliphatic rings. The van der Waals surface area contributed by atoms with E-state index in [1.165, 1.54) is 6.39 Å². The Morgan fingerprint density at radius 1 is 1.67 bits per heavy atom. The van der Waals surface area contributed by atoms with E-state index in [1.807, 2.05) is 13.8 Å². The van der Waals surface area contributed by atoms with Crippen molar-refractivity contribution in [3.05, 3.63) is 18.4 Å². The summed E-state index contributed by atoms with van der Waals surface area (Å²) in [5.74, 6) is 1.27. The molecule has 1 N–H and O–H groups in total. The number of amides is 1. The average Bonchev–Trinajstić information content (AvgIpc) is 2.99. The standard InChI is InChI=1S/C13H18N2O3/c1-8(2)18-15-12(16)11-9-3-4-13(11,5-9)10-6-14-7-17-10/h6-9,11H,3-5H2,1-2H3,(H,15,16). The number of carbonyl (C=O) groups is 1. The number of fused-ring (bicyclic) bond motifs is 1. The lowest BCUT2D eigenvalue weighted by Gasteiger charge is -2.44. The summed E-state index contributed by atoms with van der Waals surface area (Å²) in [5, 5.41) is 0. The second-order valence-electron chi connectivity index (χ2n) is 5.64. The highest BCUT2D eigenvalue weighted by atomic mass is 16.7. The van der Waals surface area contributed by atoms with Gasteiger partial charge in [0.25, 0.3) is 0 Å². The fraction of sp³-hybridized carbons (Fsp3) is 0.692. The van der Waals surface area contributed by atoms with Crippen LogP contribution in [-0.4, -0.2) is 17.0 Å². The highest BCUT2D eigenvalue weighted by molar-refractivity contribution is 5.81. The first kappa shape index (κ1) is 11.7. The van der Waals surface area contributed by atoms with E-state index in [2.05, 4.69) is 10.5 Å². The normalized spacial score (nSPS) is 33.5. The zero-order valence-corrected chi connectivity index (χ0v) is 10.7. The number of hydrogen-bond acceptors (Lipinski definition) is 4. The van der Waals surface area contributed by atoms with Gasteiger partial charge in [-0.15, -0.1) is 0 Å². The van der Waals surface area contributed by atoms with Crippen LogP contribution in [0.5, 0.6) is 0 Å². The van der Waals surface area contributed by atoms with Crippen molar-refractivity contribution in [1.29, 1.82) is 0 Å². The van der Waals surface area contributed by atoms with Crippen LogP contribution in [0.2, 0.25) is 0 Å². The van der Waals surface area contributed by atoms with Gasteiger partial charge in [-0.1, -0.05) is 0 Å². The molecule has 1 aromatic heterocycles. The Morgan fingerprint density at radius 2 is 2.50 bits per heavy atom. The molecule has 3 unspecified atom stereocenters. The molecule has 0 saturated heterocycles. The molecule has 3 fully saturated rings. The van der Waals surface area contributed by atoms with Gasteiger partial charge in [0.1, 0.15) is 5.76 Å². The quantitative estimate of drug-likeness (QED) is 0.827. The number of nitrogens with zero attached hydrogens (tertiary/aromatic N) is 1. The van der Waals surface area contributed by atoms with Crippen LogP contribution in [0.15, 0.2) is 17.0 Å². The van der Waals surface area contributed by atoms with Crippen molar-refractivity contribution < 1.29 is 14.0 Å². The van der Waals surface area contributed by atoms with Gasteiger partial charge in [0.15, 0.2) is 6.39 Å². The first-order valence-electron chi connectivity index (χ1n) is 6.48. The van der Waals surface area contributed by atoms with Crippen molar-refractivity contribution >= 4 is 5.91 Å². The Hall–Kier alpha value is -1.36. The van der Waals surface area contributed by atoms with Crippen molar-refractivity contribution in [3.63, 3.8) is 0 Å². The third kappa shape index (κ3) is 1.57. The number of oxazole rings is 1. The van der Waals surface area contributed by atoms with E-state index in [4.69, 9.17) is 9.25 Å². The molecule has 1 aromatic rings. The molecule has 3 atom stereocenters. The molecule has 4 rings (SSSR count). The number of nitrogens with one attached hydrogen (secondary N) is 1. The van der Waals surface area contributed by atoms with Gasteiger partial charge in [0.2, 0.25) is 5.91 Å². The molecule has 98 valence electrons. The zero-order valence-electron chi connectivity index (χ0n) is 10.7. The minimum absolute atomic E-state index is 0.00657. The maximum Gasteiger partial charge on any atom is 0.247 e. The molecule has 18 heavy (non-hydrogen) atoms. The highest BCUT2D eigenvalue weighted by Gasteiger charge is 2.64. The van der Waals surface area contributed by atoms with Crippen molar-refractivity contribution in [2.45, 2.75) is 44.6 Å². The summed E-state index contributed by atoms with van der Waals surface area (Å²) in [4.78, 5) is 21.4. The number of hydrogen-bond donors (Lipinski definition) is 1. The average molecular weight is 250 g/mol. The zero-order chi connectivity index (χ0) is 12.8. The molecule has 1 heterocycles. The molecule has 3 saturated carbocycles. The largest absolute Gasteiger partial charge is 0.448 e. The van der Waals surface area contributed by atoms with Crippen LogP contribution in [0.4, 0.5) is 0 Å². The predicted molar refractivity (Wildman–Crippen MR) is 63.4 cm³/mol. The van der Waals surface area contributed by atoms with Gasteiger partial charge in [-0.25, -0.2) is 10.5 Å². The molecule has 3 aliphatic carbocycles. The van der Waals surface area contributed by atoms with Gasteiger partial charge in [0, 0.05) is 5.41 Å². The van der Waals surface area contributed by atoms with Crippen LogP contribution in [0.3, 0.4) is 0 Å². The summed E-state index contributed by atoms with van der Waals surface area (Å²) in [7, 11) is 0. The smallest absolute Gasteiger partial charge is 0.247 e. The highest BCUT2D eigenvalue weighted by Crippen LogP contribution is 2.63. The van der Waals surface area contributed by atoms with Crippen LogP contribution >= 0.6 is 0 Å². The minimum Gasteiger partial charge on any atom is -0.448 e. The Kier molecular flexibility index (Phi) is 2.66. The topological polar surface area (TPSA) is 64.4 Å². The van der Waals surface area contributed by atoms with Crippen LogP contribution < -0.4 is 5.48 Å². The monoisotopic (exact) mass is 250 g/mol. The number of rotatable bonds is 4. The third-order valence-corrected chi connectivity index (χ3v) is 4.26. The van der Waals surface area contributed by atoms with Crippen molar-refractivity contribution in [1.82, 2.24) is 10.5 Å². The van der Waals surface area contributed by atoms with Gasteiger partial charge in [-0.3, -0.25) is 9.63 Å². The fourth-order valence-electron chi connectivity index (χ4n) is 3.52. The van der Waals surface area contributed by atoms with Gasteiger partial charge in [0.05, 0.1) is 18.2 Å². The minimum atomic E-state index is -0.133. The van der Waals surface area contributed by atoms with Crippen molar-refractivity contribution in [2.24, 2.45) is 11.8 Å². The summed E-state index contributed by atoms with van der Waals surface area (Å²) in [6.45, 7) is 3.78. The molecular weight excluding hydrogens is 232 g/mol. The summed E-state index contributed by atoms with van der Waals surface area (Å²) in [6, 6.07) is 0. The summed E-state index contributed by atoms with van der Waals surface area (Å²) >= 11 is 0. The van der Waals surface area contributed by atoms with E-state index >= 15 is 0 Å². The number of carbonyl (C=O) groups excluding carboxylic acids is 1. The molecule has 0 radical (unpaired) electrons. The molecule has 5 nitrogen and oxygen atoms in total. The predicted octanol–water partition coefficient (Wildman–Crippen LogP) is 1.80. The van der Waals surface area contributed by atoms with Gasteiger partial charge in [-0.05, 0) is 39.0 Å².